The van der Waals surface area contributed by atoms with Crippen LogP contribution in [0.25, 0.3) is 22.2 Å². The van der Waals surface area contributed by atoms with E-state index >= 15 is 0 Å². The number of anilines is 1. The molecule has 0 spiro atoms. The second-order valence-electron chi connectivity index (χ2n) is 8.66. The van der Waals surface area contributed by atoms with Crippen molar-refractivity contribution in [2.45, 2.75) is 25.4 Å². The Labute approximate surface area is 219 Å². The number of piperidine rings is 1. The van der Waals surface area contributed by atoms with Crippen LogP contribution in [0.4, 0.5) is 5.69 Å². The lowest BCUT2D eigenvalue weighted by Gasteiger charge is -2.38. The smallest absolute Gasteiger partial charge is 0.0745 e. The van der Waals surface area contributed by atoms with Crippen LogP contribution in [-0.4, -0.2) is 36.1 Å². The number of rotatable bonds is 5. The van der Waals surface area contributed by atoms with Gasteiger partial charge in [-0.05, 0) is 42.7 Å². The summed E-state index contributed by atoms with van der Waals surface area (Å²) in [7, 11) is 2.23. The predicted octanol–water partition coefficient (Wildman–Crippen LogP) is 7.50. The number of fused-ring (bicyclic) bond motifs is 1. The van der Waals surface area contributed by atoms with Gasteiger partial charge in [0.2, 0.25) is 0 Å². The number of likely N-dealkylation sites (tertiary alicyclic amines) is 1. The summed E-state index contributed by atoms with van der Waals surface area (Å²) in [6.45, 7) is 3.26. The van der Waals surface area contributed by atoms with Crippen LogP contribution in [0.1, 0.15) is 18.4 Å². The predicted molar refractivity (Wildman–Crippen MR) is 150 cm³/mol. The van der Waals surface area contributed by atoms with Crippen molar-refractivity contribution in [3.8, 4) is 11.3 Å². The van der Waals surface area contributed by atoms with E-state index in [0.29, 0.717) is 6.04 Å². The van der Waals surface area contributed by atoms with Crippen LogP contribution in [-0.2, 0) is 6.54 Å². The zero-order chi connectivity index (χ0) is 21.9. The van der Waals surface area contributed by atoms with Crippen LogP contribution < -0.4 is 4.90 Å². The van der Waals surface area contributed by atoms with Gasteiger partial charge in [-0.1, -0.05) is 72.3 Å². The van der Waals surface area contributed by atoms with Crippen molar-refractivity contribution in [2.24, 2.45) is 0 Å². The van der Waals surface area contributed by atoms with Gasteiger partial charge in [0.25, 0.3) is 0 Å². The van der Waals surface area contributed by atoms with Gasteiger partial charge < -0.3 is 4.90 Å². The summed E-state index contributed by atoms with van der Waals surface area (Å²) >= 11 is 6.32. The first kappa shape index (κ1) is 26.3. The maximum atomic E-state index is 6.32. The number of nitrogens with zero attached hydrogens (tertiary/aromatic N) is 3. The number of halogens is 3. The van der Waals surface area contributed by atoms with E-state index in [0.717, 1.165) is 59.7 Å². The summed E-state index contributed by atoms with van der Waals surface area (Å²) in [5.74, 6) is 0. The number of pyridine rings is 1. The molecule has 1 fully saturated rings. The normalized spacial score (nSPS) is 14.3. The average molecular weight is 515 g/mol. The van der Waals surface area contributed by atoms with E-state index in [-0.39, 0.29) is 24.8 Å². The molecular weight excluding hydrogens is 485 g/mol. The third-order valence-electron chi connectivity index (χ3n) is 6.55. The van der Waals surface area contributed by atoms with E-state index in [9.17, 15) is 0 Å². The number of hydrogen-bond donors (Lipinski definition) is 0. The Kier molecular flexibility index (Phi) is 9.21. The number of aromatic nitrogens is 1. The van der Waals surface area contributed by atoms with E-state index < -0.39 is 0 Å². The van der Waals surface area contributed by atoms with Gasteiger partial charge in [-0.3, -0.25) is 4.90 Å². The fraction of sp³-hybridized carbons (Fsp3) is 0.250. The zero-order valence-corrected chi connectivity index (χ0v) is 21.6. The van der Waals surface area contributed by atoms with Crippen molar-refractivity contribution in [1.82, 2.24) is 9.88 Å². The van der Waals surface area contributed by atoms with E-state index in [4.69, 9.17) is 16.6 Å². The topological polar surface area (TPSA) is 19.4 Å². The molecule has 1 aromatic heterocycles. The summed E-state index contributed by atoms with van der Waals surface area (Å²) in [6, 6.07) is 30.0. The molecule has 1 saturated heterocycles. The Morgan fingerprint density at radius 2 is 1.53 bits per heavy atom. The third-order valence-corrected chi connectivity index (χ3v) is 6.79. The van der Waals surface area contributed by atoms with Gasteiger partial charge in [0.15, 0.2) is 0 Å². The number of benzene rings is 3. The molecule has 3 aromatic carbocycles. The molecule has 0 N–H and O–H groups in total. The highest BCUT2D eigenvalue weighted by Gasteiger charge is 2.24. The Hall–Kier alpha value is -2.30. The molecule has 0 bridgehead atoms. The molecule has 178 valence electrons. The van der Waals surface area contributed by atoms with Crippen molar-refractivity contribution < 1.29 is 0 Å². The molecule has 3 nitrogen and oxygen atoms in total. The standard InChI is InChI=1S/C28H28ClN3.2ClH/c1-31(24-14-16-32(17-15-24)20-21-8-4-2-5-9-21)28-19-26(22-10-6-3-7-11-22)30-27-18-23(29)12-13-25(27)28;;/h2-13,18-19,24H,14-17,20H2,1H3;2*1H. The summed E-state index contributed by atoms with van der Waals surface area (Å²) in [4.78, 5) is 9.97. The molecule has 0 saturated carbocycles. The molecule has 1 aliphatic heterocycles. The molecular formula is C28H30Cl3N3. The van der Waals surface area contributed by atoms with Gasteiger partial charge in [-0.15, -0.1) is 24.8 Å². The highest BCUT2D eigenvalue weighted by Crippen LogP contribution is 2.34. The first-order valence-electron chi connectivity index (χ1n) is 11.3. The largest absolute Gasteiger partial charge is 0.371 e. The summed E-state index contributed by atoms with van der Waals surface area (Å²) in [6.07, 6.45) is 2.31. The fourth-order valence-electron chi connectivity index (χ4n) is 4.73. The van der Waals surface area contributed by atoms with Crippen molar-refractivity contribution in [3.05, 3.63) is 95.5 Å². The summed E-state index contributed by atoms with van der Waals surface area (Å²) in [5, 5.41) is 1.88. The van der Waals surface area contributed by atoms with Crippen LogP contribution in [0.5, 0.6) is 0 Å². The lowest BCUT2D eigenvalue weighted by atomic mass is 10.0. The van der Waals surface area contributed by atoms with Crippen molar-refractivity contribution in [3.63, 3.8) is 0 Å². The van der Waals surface area contributed by atoms with Gasteiger partial charge in [-0.2, -0.15) is 0 Å². The Bertz CT molecular complexity index is 1190. The quantitative estimate of drug-likeness (QED) is 0.275. The minimum atomic E-state index is 0. The average Bonchev–Trinajstić information content (AvgIpc) is 2.84. The Morgan fingerprint density at radius 3 is 2.21 bits per heavy atom. The SMILES string of the molecule is CN(c1cc(-c2ccccc2)nc2cc(Cl)ccc12)C1CCN(Cc2ccccc2)CC1.Cl.Cl. The first-order valence-corrected chi connectivity index (χ1v) is 11.7. The first-order chi connectivity index (χ1) is 15.7. The molecule has 5 rings (SSSR count). The van der Waals surface area contributed by atoms with Gasteiger partial charge in [0, 0.05) is 54.4 Å². The van der Waals surface area contributed by atoms with Gasteiger partial charge in [0.05, 0.1) is 11.2 Å². The van der Waals surface area contributed by atoms with Crippen LogP contribution in [0.2, 0.25) is 5.02 Å². The zero-order valence-electron chi connectivity index (χ0n) is 19.2. The van der Waals surface area contributed by atoms with Crippen molar-refractivity contribution >= 4 is 53.0 Å². The Balaban J connectivity index is 0.00000162. The van der Waals surface area contributed by atoms with Crippen LogP contribution >= 0.6 is 36.4 Å². The third kappa shape index (κ3) is 5.84. The summed E-state index contributed by atoms with van der Waals surface area (Å²) < 4.78 is 0. The maximum absolute atomic E-state index is 6.32. The van der Waals surface area contributed by atoms with Crippen LogP contribution in [0.15, 0.2) is 84.9 Å². The van der Waals surface area contributed by atoms with E-state index in [1.807, 2.05) is 18.2 Å². The lowest BCUT2D eigenvalue weighted by molar-refractivity contribution is 0.203. The van der Waals surface area contributed by atoms with Gasteiger partial charge >= 0.3 is 0 Å². The molecule has 0 radical (unpaired) electrons. The van der Waals surface area contributed by atoms with Crippen LogP contribution in [0, 0.1) is 0 Å². The van der Waals surface area contributed by atoms with Crippen molar-refractivity contribution in [1.29, 1.82) is 0 Å². The minimum Gasteiger partial charge on any atom is -0.371 e. The molecule has 0 amide bonds. The molecule has 34 heavy (non-hydrogen) atoms. The summed E-state index contributed by atoms with van der Waals surface area (Å²) in [5.41, 5.74) is 5.68. The van der Waals surface area contributed by atoms with Gasteiger partial charge in [0.1, 0.15) is 0 Å². The number of hydrogen-bond acceptors (Lipinski definition) is 3. The second-order valence-corrected chi connectivity index (χ2v) is 9.09. The van der Waals surface area contributed by atoms with Crippen molar-refractivity contribution in [2.75, 3.05) is 25.0 Å². The minimum absolute atomic E-state index is 0. The van der Waals surface area contributed by atoms with E-state index in [1.54, 1.807) is 0 Å². The molecule has 4 aromatic rings. The fourth-order valence-corrected chi connectivity index (χ4v) is 4.90. The monoisotopic (exact) mass is 513 g/mol. The molecule has 1 aliphatic rings. The highest BCUT2D eigenvalue weighted by molar-refractivity contribution is 6.31. The lowest BCUT2D eigenvalue weighted by Crippen LogP contribution is -2.43. The van der Waals surface area contributed by atoms with E-state index in [1.165, 1.54) is 11.3 Å². The Morgan fingerprint density at radius 1 is 0.882 bits per heavy atom. The molecule has 0 aliphatic carbocycles. The maximum Gasteiger partial charge on any atom is 0.0745 e. The second kappa shape index (κ2) is 11.9. The molecule has 6 heteroatoms. The molecule has 0 unspecified atom stereocenters. The highest BCUT2D eigenvalue weighted by atomic mass is 35.5. The van der Waals surface area contributed by atoms with Gasteiger partial charge in [-0.25, -0.2) is 4.98 Å². The van der Waals surface area contributed by atoms with E-state index in [2.05, 4.69) is 83.6 Å². The molecule has 0 atom stereocenters. The van der Waals surface area contributed by atoms with Crippen LogP contribution in [0.3, 0.4) is 0 Å². The molecule has 2 heterocycles.